The fourth-order valence-electron chi connectivity index (χ4n) is 2.52. The van der Waals surface area contributed by atoms with Gasteiger partial charge in [-0.15, -0.1) is 6.58 Å². The van der Waals surface area contributed by atoms with Crippen LogP contribution in [0, 0.1) is 11.3 Å². The maximum Gasteiger partial charge on any atom is 0.298 e. The van der Waals surface area contributed by atoms with Crippen LogP contribution in [0.3, 0.4) is 0 Å². The molecule has 0 aliphatic heterocycles. The summed E-state index contributed by atoms with van der Waals surface area (Å²) < 4.78 is 26.2. The van der Waals surface area contributed by atoms with E-state index in [1.165, 1.54) is 12.1 Å². The van der Waals surface area contributed by atoms with Crippen LogP contribution < -0.4 is 10.2 Å². The summed E-state index contributed by atoms with van der Waals surface area (Å²) in [5.74, 6) is 0.550. The molecule has 0 amide bonds. The molecule has 124 valence electrons. The summed E-state index contributed by atoms with van der Waals surface area (Å²) in [6.07, 6.45) is 4.07. The van der Waals surface area contributed by atoms with E-state index in [4.69, 9.17) is 0 Å². The minimum atomic E-state index is -3.16. The first-order valence-corrected chi connectivity index (χ1v) is 8.61. The zero-order chi connectivity index (χ0) is 17.7. The van der Waals surface area contributed by atoms with Crippen molar-refractivity contribution in [2.45, 2.75) is 13.3 Å². The summed E-state index contributed by atoms with van der Waals surface area (Å²) in [6.45, 7) is 6.20. The molecule has 0 unspecified atom stereocenters. The SMILES string of the molecule is C=CCN(C)c1ncc(-c2cc(P(F)F)ccc2CC)cc1C#N. The number of halogens is 2. The Balaban J connectivity index is 2.55. The number of nitrogens with zero attached hydrogens (tertiary/aromatic N) is 3. The average Bonchev–Trinajstić information content (AvgIpc) is 2.60. The number of hydrogen-bond acceptors (Lipinski definition) is 3. The second-order valence-electron chi connectivity index (χ2n) is 5.30. The van der Waals surface area contributed by atoms with Gasteiger partial charge >= 0.3 is 0 Å². The lowest BCUT2D eigenvalue weighted by Gasteiger charge is -2.18. The molecule has 0 atom stereocenters. The molecule has 0 saturated carbocycles. The summed E-state index contributed by atoms with van der Waals surface area (Å²) >= 11 is 0. The van der Waals surface area contributed by atoms with Crippen molar-refractivity contribution in [2.75, 3.05) is 18.5 Å². The van der Waals surface area contributed by atoms with E-state index in [1.807, 2.05) is 18.9 Å². The first-order chi connectivity index (χ1) is 11.5. The second kappa shape index (κ2) is 7.99. The van der Waals surface area contributed by atoms with E-state index in [0.717, 1.165) is 5.56 Å². The molecule has 2 rings (SSSR count). The van der Waals surface area contributed by atoms with Crippen LogP contribution >= 0.6 is 8.54 Å². The highest BCUT2D eigenvalue weighted by atomic mass is 31.2. The summed E-state index contributed by atoms with van der Waals surface area (Å²) in [5.41, 5.74) is 2.75. The van der Waals surface area contributed by atoms with E-state index < -0.39 is 8.54 Å². The van der Waals surface area contributed by atoms with E-state index in [0.29, 0.717) is 35.5 Å². The lowest BCUT2D eigenvalue weighted by Crippen LogP contribution is -2.19. The molecule has 0 bridgehead atoms. The number of hydrogen-bond donors (Lipinski definition) is 0. The van der Waals surface area contributed by atoms with E-state index >= 15 is 0 Å². The first-order valence-electron chi connectivity index (χ1n) is 7.49. The molecule has 1 aromatic carbocycles. The molecule has 0 spiro atoms. The number of likely N-dealkylation sites (N-methyl/N-ethyl adjacent to an activating group) is 1. The fraction of sp³-hybridized carbons (Fsp3) is 0.222. The lowest BCUT2D eigenvalue weighted by atomic mass is 9.98. The van der Waals surface area contributed by atoms with Crippen molar-refractivity contribution >= 4 is 19.7 Å². The third kappa shape index (κ3) is 3.77. The topological polar surface area (TPSA) is 39.9 Å². The Morgan fingerprint density at radius 3 is 2.71 bits per heavy atom. The molecule has 6 heteroatoms. The molecule has 3 nitrogen and oxygen atoms in total. The Morgan fingerprint density at radius 2 is 2.12 bits per heavy atom. The quantitative estimate of drug-likeness (QED) is 0.564. The fourth-order valence-corrected chi connectivity index (χ4v) is 2.93. The summed E-state index contributed by atoms with van der Waals surface area (Å²) in [7, 11) is -1.34. The molecule has 0 aliphatic rings. The van der Waals surface area contributed by atoms with Gasteiger partial charge in [0.05, 0.1) is 5.56 Å². The monoisotopic (exact) mass is 345 g/mol. The van der Waals surface area contributed by atoms with Gasteiger partial charge in [-0.3, -0.25) is 0 Å². The number of benzene rings is 1. The van der Waals surface area contributed by atoms with E-state index in [2.05, 4.69) is 17.6 Å². The molecule has 0 fully saturated rings. The second-order valence-corrected chi connectivity index (χ2v) is 6.29. The maximum atomic E-state index is 13.1. The van der Waals surface area contributed by atoms with Gasteiger partial charge in [0.15, 0.2) is 0 Å². The number of nitriles is 1. The van der Waals surface area contributed by atoms with Crippen molar-refractivity contribution in [3.63, 3.8) is 0 Å². The van der Waals surface area contributed by atoms with Crippen molar-refractivity contribution in [2.24, 2.45) is 0 Å². The first kappa shape index (κ1) is 18.0. The normalized spacial score (nSPS) is 10.5. The minimum absolute atomic E-state index is 0.0311. The van der Waals surface area contributed by atoms with Gasteiger partial charge in [-0.2, -0.15) is 13.7 Å². The van der Waals surface area contributed by atoms with Crippen LogP contribution in [0.15, 0.2) is 43.1 Å². The Bertz CT molecular complexity index is 784. The average molecular weight is 345 g/mol. The molecule has 0 radical (unpaired) electrons. The highest BCUT2D eigenvalue weighted by molar-refractivity contribution is 7.55. The van der Waals surface area contributed by atoms with Crippen molar-refractivity contribution < 1.29 is 8.39 Å². The van der Waals surface area contributed by atoms with E-state index in [9.17, 15) is 13.7 Å². The third-order valence-electron chi connectivity index (χ3n) is 3.73. The Morgan fingerprint density at radius 1 is 1.38 bits per heavy atom. The summed E-state index contributed by atoms with van der Waals surface area (Å²) in [4.78, 5) is 6.18. The Hall–Kier alpha value is -2.31. The van der Waals surface area contributed by atoms with Crippen LogP contribution in [0.5, 0.6) is 0 Å². The van der Waals surface area contributed by atoms with Crippen molar-refractivity contribution in [1.29, 1.82) is 5.26 Å². The standard InChI is InChI=1S/C18H18F2N3P/c1-4-8-23(3)18-14(11-21)9-15(12-22-18)17-10-16(24(19)20)7-6-13(17)5-2/h4,6-7,9-10,12H,1,5,8H2,2-3H3. The highest BCUT2D eigenvalue weighted by Crippen LogP contribution is 2.39. The third-order valence-corrected chi connectivity index (χ3v) is 4.40. The summed E-state index contributed by atoms with van der Waals surface area (Å²) in [6, 6.07) is 8.55. The lowest BCUT2D eigenvalue weighted by molar-refractivity contribution is 0.763. The largest absolute Gasteiger partial charge is 0.355 e. The van der Waals surface area contributed by atoms with Crippen LogP contribution in [0.2, 0.25) is 0 Å². The number of anilines is 1. The van der Waals surface area contributed by atoms with Gasteiger partial charge in [-0.05, 0) is 35.7 Å². The van der Waals surface area contributed by atoms with Crippen molar-refractivity contribution in [1.82, 2.24) is 4.98 Å². The molecule has 0 aliphatic carbocycles. The number of rotatable bonds is 6. The van der Waals surface area contributed by atoms with Crippen molar-refractivity contribution in [3.8, 4) is 17.2 Å². The summed E-state index contributed by atoms with van der Waals surface area (Å²) in [5, 5.41) is 9.45. The van der Waals surface area contributed by atoms with Crippen molar-refractivity contribution in [3.05, 3.63) is 54.2 Å². The molecular formula is C18H18F2N3P. The zero-order valence-electron chi connectivity index (χ0n) is 13.6. The molecule has 2 aromatic rings. The van der Waals surface area contributed by atoms with Gasteiger partial charge in [0.25, 0.3) is 8.54 Å². The van der Waals surface area contributed by atoms with Gasteiger partial charge in [-0.1, -0.05) is 19.1 Å². The van der Waals surface area contributed by atoms with Crippen LogP contribution in [-0.4, -0.2) is 18.6 Å². The number of aryl methyl sites for hydroxylation is 1. The van der Waals surface area contributed by atoms with Crippen LogP contribution in [-0.2, 0) is 6.42 Å². The van der Waals surface area contributed by atoms with Gasteiger partial charge < -0.3 is 4.90 Å². The van der Waals surface area contributed by atoms with Crippen LogP contribution in [0.1, 0.15) is 18.1 Å². The predicted octanol–water partition coefficient (Wildman–Crippen LogP) is 4.68. The Labute approximate surface area is 142 Å². The molecular weight excluding hydrogens is 327 g/mol. The van der Waals surface area contributed by atoms with Gasteiger partial charge in [0.1, 0.15) is 11.9 Å². The van der Waals surface area contributed by atoms with E-state index in [-0.39, 0.29) is 5.30 Å². The molecule has 24 heavy (non-hydrogen) atoms. The number of aromatic nitrogens is 1. The predicted molar refractivity (Wildman–Crippen MR) is 96.0 cm³/mol. The van der Waals surface area contributed by atoms with Gasteiger partial charge in [-0.25, -0.2) is 4.98 Å². The minimum Gasteiger partial charge on any atom is -0.355 e. The highest BCUT2D eigenvalue weighted by Gasteiger charge is 2.15. The zero-order valence-corrected chi connectivity index (χ0v) is 14.5. The smallest absolute Gasteiger partial charge is 0.298 e. The van der Waals surface area contributed by atoms with Crippen LogP contribution in [0.25, 0.3) is 11.1 Å². The molecule has 0 N–H and O–H groups in total. The van der Waals surface area contributed by atoms with E-state index in [1.54, 1.807) is 24.4 Å². The molecule has 0 saturated heterocycles. The number of pyridine rings is 1. The van der Waals surface area contributed by atoms with Gasteiger partial charge in [0.2, 0.25) is 0 Å². The maximum absolute atomic E-state index is 13.1. The molecule has 1 aromatic heterocycles. The molecule has 1 heterocycles. The van der Waals surface area contributed by atoms with Crippen LogP contribution in [0.4, 0.5) is 14.2 Å². The Kier molecular flexibility index (Phi) is 6.00. The van der Waals surface area contributed by atoms with Gasteiger partial charge in [0, 0.05) is 30.7 Å².